The van der Waals surface area contributed by atoms with Gasteiger partial charge in [0.25, 0.3) is 0 Å². The molecule has 21 heavy (non-hydrogen) atoms. The molecule has 0 aliphatic rings. The van der Waals surface area contributed by atoms with Crippen LogP contribution in [0, 0.1) is 20.8 Å². The third-order valence-corrected chi connectivity index (χ3v) is 3.83. The topological polar surface area (TPSA) is 30.0 Å². The van der Waals surface area contributed by atoms with Crippen LogP contribution in [0.3, 0.4) is 0 Å². The zero-order valence-electron chi connectivity index (χ0n) is 12.5. The van der Waals surface area contributed by atoms with Gasteiger partial charge in [-0.05, 0) is 43.4 Å². The number of rotatable bonds is 2. The summed E-state index contributed by atoms with van der Waals surface area (Å²) in [6.07, 6.45) is 3.51. The number of hydrogen-bond acceptors (Lipinski definition) is 2. The fourth-order valence-corrected chi connectivity index (χ4v) is 2.98. The third-order valence-electron chi connectivity index (χ3n) is 3.83. The fourth-order valence-electron chi connectivity index (χ4n) is 2.98. The molecule has 2 aromatic carbocycles. The molecule has 0 bridgehead atoms. The summed E-state index contributed by atoms with van der Waals surface area (Å²) in [5, 5.41) is 1.95. The van der Waals surface area contributed by atoms with Gasteiger partial charge in [-0.3, -0.25) is 9.78 Å². The largest absolute Gasteiger partial charge is 0.289 e. The van der Waals surface area contributed by atoms with Gasteiger partial charge in [0.2, 0.25) is 0 Å². The van der Waals surface area contributed by atoms with Crippen LogP contribution in [0.4, 0.5) is 0 Å². The van der Waals surface area contributed by atoms with Gasteiger partial charge in [-0.2, -0.15) is 0 Å². The van der Waals surface area contributed by atoms with Crippen LogP contribution in [-0.2, 0) is 0 Å². The Morgan fingerprint density at radius 3 is 2.43 bits per heavy atom. The molecule has 0 N–H and O–H groups in total. The van der Waals surface area contributed by atoms with Gasteiger partial charge >= 0.3 is 0 Å². The van der Waals surface area contributed by atoms with Gasteiger partial charge in [-0.1, -0.05) is 35.9 Å². The molecule has 0 saturated carbocycles. The van der Waals surface area contributed by atoms with Crippen LogP contribution in [0.15, 0.2) is 48.8 Å². The lowest BCUT2D eigenvalue weighted by molar-refractivity contribution is 0.103. The second-order valence-corrected chi connectivity index (χ2v) is 5.51. The highest BCUT2D eigenvalue weighted by atomic mass is 16.1. The molecule has 0 amide bonds. The highest BCUT2D eigenvalue weighted by Crippen LogP contribution is 2.24. The standard InChI is InChI=1S/C19H17NO/c1-12-9-13(2)18(14(3)10-12)19(21)16-6-4-5-15-7-8-20-11-17(15)16/h4-11H,1-3H3. The van der Waals surface area contributed by atoms with E-state index in [-0.39, 0.29) is 5.78 Å². The normalized spacial score (nSPS) is 10.8. The fraction of sp³-hybridized carbons (Fsp3) is 0.158. The first-order valence-electron chi connectivity index (χ1n) is 7.03. The van der Waals surface area contributed by atoms with Crippen molar-refractivity contribution in [1.29, 1.82) is 0 Å². The van der Waals surface area contributed by atoms with E-state index >= 15 is 0 Å². The van der Waals surface area contributed by atoms with E-state index in [1.165, 1.54) is 5.56 Å². The maximum absolute atomic E-state index is 13.0. The quantitative estimate of drug-likeness (QED) is 0.649. The summed E-state index contributed by atoms with van der Waals surface area (Å²) >= 11 is 0. The average molecular weight is 275 g/mol. The SMILES string of the molecule is Cc1cc(C)c(C(=O)c2cccc3ccncc23)c(C)c1. The van der Waals surface area contributed by atoms with E-state index in [9.17, 15) is 4.79 Å². The van der Waals surface area contributed by atoms with Crippen LogP contribution in [0.1, 0.15) is 32.6 Å². The van der Waals surface area contributed by atoms with Crippen LogP contribution >= 0.6 is 0 Å². The predicted octanol–water partition coefficient (Wildman–Crippen LogP) is 4.39. The predicted molar refractivity (Wildman–Crippen MR) is 85.8 cm³/mol. The molecule has 0 spiro atoms. The Morgan fingerprint density at radius 2 is 1.71 bits per heavy atom. The van der Waals surface area contributed by atoms with Crippen LogP contribution in [-0.4, -0.2) is 10.8 Å². The van der Waals surface area contributed by atoms with Crippen molar-refractivity contribution in [3.8, 4) is 0 Å². The maximum atomic E-state index is 13.0. The Hall–Kier alpha value is -2.48. The third kappa shape index (κ3) is 2.33. The van der Waals surface area contributed by atoms with Crippen LogP contribution in [0.2, 0.25) is 0 Å². The van der Waals surface area contributed by atoms with Crippen LogP contribution < -0.4 is 0 Å². The van der Waals surface area contributed by atoms with Gasteiger partial charge in [0.15, 0.2) is 5.78 Å². The molecule has 1 aromatic heterocycles. The molecule has 2 nitrogen and oxygen atoms in total. The molecule has 1 heterocycles. The summed E-state index contributed by atoms with van der Waals surface area (Å²) in [5.41, 5.74) is 4.76. The van der Waals surface area contributed by atoms with Crippen LogP contribution in [0.5, 0.6) is 0 Å². The molecular weight excluding hydrogens is 258 g/mol. The maximum Gasteiger partial charge on any atom is 0.194 e. The molecule has 0 aliphatic carbocycles. The van der Waals surface area contributed by atoms with Gasteiger partial charge in [-0.15, -0.1) is 0 Å². The minimum Gasteiger partial charge on any atom is -0.289 e. The Bertz CT molecular complexity index is 821. The van der Waals surface area contributed by atoms with Gasteiger partial charge < -0.3 is 0 Å². The zero-order valence-corrected chi connectivity index (χ0v) is 12.5. The Labute approximate surface area is 124 Å². The van der Waals surface area contributed by atoms with Crippen molar-refractivity contribution in [2.75, 3.05) is 0 Å². The molecule has 0 fully saturated rings. The smallest absolute Gasteiger partial charge is 0.194 e. The zero-order chi connectivity index (χ0) is 15.0. The molecular formula is C19H17NO. The van der Waals surface area contributed by atoms with Crippen molar-refractivity contribution in [2.24, 2.45) is 0 Å². The van der Waals surface area contributed by atoms with E-state index in [4.69, 9.17) is 0 Å². The molecule has 3 rings (SSSR count). The van der Waals surface area contributed by atoms with Gasteiger partial charge in [0.05, 0.1) is 0 Å². The van der Waals surface area contributed by atoms with Gasteiger partial charge in [-0.25, -0.2) is 0 Å². The molecule has 104 valence electrons. The highest BCUT2D eigenvalue weighted by Gasteiger charge is 2.17. The Morgan fingerprint density at radius 1 is 1.00 bits per heavy atom. The second kappa shape index (κ2) is 5.13. The van der Waals surface area contributed by atoms with E-state index in [2.05, 4.69) is 24.0 Å². The number of benzene rings is 2. The molecule has 3 aromatic rings. The van der Waals surface area contributed by atoms with E-state index in [0.29, 0.717) is 0 Å². The summed E-state index contributed by atoms with van der Waals surface area (Å²) in [4.78, 5) is 17.1. The van der Waals surface area contributed by atoms with Gasteiger partial charge in [0.1, 0.15) is 0 Å². The lowest BCUT2D eigenvalue weighted by Gasteiger charge is -2.12. The number of carbonyl (C=O) groups excluding carboxylic acids is 1. The highest BCUT2D eigenvalue weighted by molar-refractivity contribution is 6.17. The number of ketones is 1. The van der Waals surface area contributed by atoms with Crippen molar-refractivity contribution in [2.45, 2.75) is 20.8 Å². The Balaban J connectivity index is 2.22. The number of aromatic nitrogens is 1. The first kappa shape index (κ1) is 13.5. The monoisotopic (exact) mass is 275 g/mol. The first-order chi connectivity index (χ1) is 10.1. The van der Waals surface area contributed by atoms with Gasteiger partial charge in [0, 0.05) is 28.9 Å². The average Bonchev–Trinajstić information content (AvgIpc) is 2.45. The van der Waals surface area contributed by atoms with Crippen molar-refractivity contribution in [3.63, 3.8) is 0 Å². The first-order valence-corrected chi connectivity index (χ1v) is 7.03. The number of fused-ring (bicyclic) bond motifs is 1. The molecule has 0 saturated heterocycles. The number of carbonyl (C=O) groups is 1. The number of pyridine rings is 1. The molecule has 0 radical (unpaired) electrons. The summed E-state index contributed by atoms with van der Waals surface area (Å²) < 4.78 is 0. The molecule has 0 aliphatic heterocycles. The van der Waals surface area contributed by atoms with E-state index in [1.807, 2.05) is 38.1 Å². The van der Waals surface area contributed by atoms with Crippen molar-refractivity contribution < 1.29 is 4.79 Å². The lowest BCUT2D eigenvalue weighted by Crippen LogP contribution is -2.07. The molecule has 0 unspecified atom stereocenters. The van der Waals surface area contributed by atoms with E-state index in [1.54, 1.807) is 12.4 Å². The number of aryl methyl sites for hydroxylation is 3. The summed E-state index contributed by atoms with van der Waals surface area (Å²) in [5.74, 6) is 0.0728. The van der Waals surface area contributed by atoms with Crippen molar-refractivity contribution in [3.05, 3.63) is 76.6 Å². The minimum absolute atomic E-state index is 0.0728. The number of hydrogen-bond donors (Lipinski definition) is 0. The van der Waals surface area contributed by atoms with Crippen molar-refractivity contribution in [1.82, 2.24) is 4.98 Å². The molecule has 0 atom stereocenters. The Kier molecular flexibility index (Phi) is 3.30. The van der Waals surface area contributed by atoms with Crippen LogP contribution in [0.25, 0.3) is 10.8 Å². The van der Waals surface area contributed by atoms with E-state index in [0.717, 1.165) is 33.0 Å². The summed E-state index contributed by atoms with van der Waals surface area (Å²) in [6.45, 7) is 6.04. The second-order valence-electron chi connectivity index (χ2n) is 5.51. The van der Waals surface area contributed by atoms with E-state index < -0.39 is 0 Å². The number of nitrogens with zero attached hydrogens (tertiary/aromatic N) is 1. The summed E-state index contributed by atoms with van der Waals surface area (Å²) in [7, 11) is 0. The summed E-state index contributed by atoms with van der Waals surface area (Å²) in [6, 6.07) is 11.9. The molecule has 2 heteroatoms. The van der Waals surface area contributed by atoms with Crippen molar-refractivity contribution >= 4 is 16.6 Å². The lowest BCUT2D eigenvalue weighted by atomic mass is 9.91. The minimum atomic E-state index is 0.0728.